The van der Waals surface area contributed by atoms with Gasteiger partial charge in [-0.15, -0.1) is 0 Å². The van der Waals surface area contributed by atoms with E-state index in [1.165, 1.54) is 18.2 Å². The number of amides is 1. The summed E-state index contributed by atoms with van der Waals surface area (Å²) in [6, 6.07) is 9.13. The lowest BCUT2D eigenvalue weighted by Crippen LogP contribution is -2.13. The highest BCUT2D eigenvalue weighted by Crippen LogP contribution is 2.30. The second-order valence-corrected chi connectivity index (χ2v) is 8.02. The third-order valence-corrected chi connectivity index (χ3v) is 5.31. The summed E-state index contributed by atoms with van der Waals surface area (Å²) in [6.45, 7) is 2.42. The summed E-state index contributed by atoms with van der Waals surface area (Å²) in [5.74, 6) is 0.0821. The molecule has 0 aliphatic carbocycles. The zero-order valence-corrected chi connectivity index (χ0v) is 19.4. The van der Waals surface area contributed by atoms with Crippen LogP contribution in [0, 0.1) is 28.6 Å². The molecule has 0 aromatic heterocycles. The van der Waals surface area contributed by atoms with Gasteiger partial charge in [0.05, 0.1) is 29.4 Å². The molecule has 0 saturated heterocycles. The number of nitro groups is 1. The maximum Gasteiger partial charge on any atom is 0.271 e. The van der Waals surface area contributed by atoms with Crippen LogP contribution >= 0.6 is 56.8 Å². The summed E-state index contributed by atoms with van der Waals surface area (Å²) in [6.07, 6.45) is 1.45. The van der Waals surface area contributed by atoms with E-state index in [9.17, 15) is 20.2 Å². The maximum absolute atomic E-state index is 12.4. The molecule has 0 radical (unpaired) electrons. The molecule has 0 atom stereocenters. The first-order chi connectivity index (χ1) is 13.3. The molecule has 1 N–H and O–H groups in total. The van der Waals surface area contributed by atoms with E-state index >= 15 is 0 Å². The Morgan fingerprint density at radius 3 is 2.50 bits per heavy atom. The van der Waals surface area contributed by atoms with Gasteiger partial charge >= 0.3 is 0 Å². The zero-order chi connectivity index (χ0) is 20.8. The Kier molecular flexibility index (Phi) is 8.02. The minimum Gasteiger partial charge on any atom is -0.492 e. The summed E-state index contributed by atoms with van der Waals surface area (Å²) in [5, 5.41) is 22.6. The molecule has 0 bridgehead atoms. The number of halogens is 3. The number of rotatable bonds is 6. The molecule has 0 aliphatic rings. The van der Waals surface area contributed by atoms with Crippen molar-refractivity contribution in [3.63, 3.8) is 0 Å². The van der Waals surface area contributed by atoms with E-state index in [0.717, 1.165) is 19.0 Å². The largest absolute Gasteiger partial charge is 0.492 e. The normalized spacial score (nSPS) is 10.9. The number of benzene rings is 2. The van der Waals surface area contributed by atoms with Crippen molar-refractivity contribution in [3.8, 4) is 11.8 Å². The highest BCUT2D eigenvalue weighted by atomic mass is 127. The van der Waals surface area contributed by atoms with Crippen molar-refractivity contribution in [2.45, 2.75) is 6.92 Å². The first kappa shape index (κ1) is 22.4. The minimum absolute atomic E-state index is 0.00463. The van der Waals surface area contributed by atoms with Gasteiger partial charge in [-0.25, -0.2) is 0 Å². The summed E-state index contributed by atoms with van der Waals surface area (Å²) in [4.78, 5) is 22.6. The lowest BCUT2D eigenvalue weighted by molar-refractivity contribution is -0.384. The molecule has 0 aliphatic heterocycles. The number of carbonyl (C=O) groups is 1. The molecule has 10 heteroatoms. The van der Waals surface area contributed by atoms with E-state index in [0.29, 0.717) is 12.2 Å². The molecule has 0 saturated carbocycles. The fourth-order valence-electron chi connectivity index (χ4n) is 2.17. The number of carbonyl (C=O) groups excluding carboxylic acids is 1. The number of anilines is 1. The molecule has 7 nitrogen and oxygen atoms in total. The third kappa shape index (κ3) is 5.55. The van der Waals surface area contributed by atoms with Gasteiger partial charge in [0, 0.05) is 12.1 Å². The molecule has 1 amide bonds. The van der Waals surface area contributed by atoms with Gasteiger partial charge in [-0.1, -0.05) is 11.6 Å². The molecule has 0 unspecified atom stereocenters. The van der Waals surface area contributed by atoms with Crippen LogP contribution < -0.4 is 10.1 Å². The highest BCUT2D eigenvalue weighted by Gasteiger charge is 2.15. The van der Waals surface area contributed by atoms with Crippen molar-refractivity contribution < 1.29 is 14.5 Å². The summed E-state index contributed by atoms with van der Waals surface area (Å²) < 4.78 is 7.29. The van der Waals surface area contributed by atoms with Gasteiger partial charge in [0.2, 0.25) is 0 Å². The Hall–Kier alpha value is -1.91. The summed E-state index contributed by atoms with van der Waals surface area (Å²) >= 11 is 10.2. The molecule has 28 heavy (non-hydrogen) atoms. The lowest BCUT2D eigenvalue weighted by Gasteiger charge is -2.10. The zero-order valence-electron chi connectivity index (χ0n) is 14.3. The Bertz CT molecular complexity index is 995. The van der Waals surface area contributed by atoms with Gasteiger partial charge in [0.15, 0.2) is 0 Å². The molecule has 0 fully saturated rings. The van der Waals surface area contributed by atoms with Crippen LogP contribution in [0.2, 0.25) is 5.02 Å². The predicted molar refractivity (Wildman–Crippen MR) is 123 cm³/mol. The highest BCUT2D eigenvalue weighted by molar-refractivity contribution is 14.1. The van der Waals surface area contributed by atoms with Crippen LogP contribution in [0.15, 0.2) is 35.9 Å². The predicted octanol–water partition coefficient (Wildman–Crippen LogP) is 5.40. The smallest absolute Gasteiger partial charge is 0.271 e. The lowest BCUT2D eigenvalue weighted by atomic mass is 10.1. The fraction of sp³-hybridized carbons (Fsp3) is 0.111. The standard InChI is InChI=1S/C18H12ClI2N3O4/c1-2-28-17-14(20)6-10(7-15(17)21)5-11(9-22)18(25)23-16-4-3-12(24(26)27)8-13(16)19/h3-8H,2H2,1H3,(H,23,25)/b11-5+. The molecule has 144 valence electrons. The monoisotopic (exact) mass is 623 g/mol. The number of ether oxygens (including phenoxy) is 1. The number of nitriles is 1. The topological polar surface area (TPSA) is 105 Å². The van der Waals surface area contributed by atoms with E-state index < -0.39 is 10.8 Å². The van der Waals surface area contributed by atoms with Crippen molar-refractivity contribution in [3.05, 3.63) is 63.7 Å². The first-order valence-corrected chi connectivity index (χ1v) is 10.3. The van der Waals surface area contributed by atoms with Gasteiger partial charge in [0.1, 0.15) is 17.4 Å². The van der Waals surface area contributed by atoms with Crippen LogP contribution in [0.3, 0.4) is 0 Å². The molecule has 2 aromatic carbocycles. The van der Waals surface area contributed by atoms with Crippen molar-refractivity contribution in [1.29, 1.82) is 5.26 Å². The SMILES string of the molecule is CCOc1c(I)cc(/C=C(\C#N)C(=O)Nc2ccc([N+](=O)[O-])cc2Cl)cc1I. The van der Waals surface area contributed by atoms with E-state index in [1.54, 1.807) is 12.1 Å². The Balaban J connectivity index is 2.29. The number of non-ortho nitro benzene ring substituents is 1. The second kappa shape index (κ2) is 10.0. The number of nitrogens with one attached hydrogen (secondary N) is 1. The van der Waals surface area contributed by atoms with Gasteiger partial charge in [-0.3, -0.25) is 14.9 Å². The van der Waals surface area contributed by atoms with Gasteiger partial charge < -0.3 is 10.1 Å². The van der Waals surface area contributed by atoms with E-state index in [4.69, 9.17) is 16.3 Å². The van der Waals surface area contributed by atoms with E-state index in [2.05, 4.69) is 50.5 Å². The van der Waals surface area contributed by atoms with Crippen LogP contribution in [0.1, 0.15) is 12.5 Å². The molecule has 2 aromatic rings. The second-order valence-electron chi connectivity index (χ2n) is 5.29. The number of hydrogen-bond donors (Lipinski definition) is 1. The fourth-order valence-corrected chi connectivity index (χ4v) is 4.52. The Morgan fingerprint density at radius 1 is 1.36 bits per heavy atom. The molecule has 0 heterocycles. The average molecular weight is 624 g/mol. The van der Waals surface area contributed by atoms with Crippen LogP contribution in [-0.4, -0.2) is 17.4 Å². The third-order valence-electron chi connectivity index (χ3n) is 3.40. The molecule has 0 spiro atoms. The van der Waals surface area contributed by atoms with Crippen molar-refractivity contribution in [1.82, 2.24) is 0 Å². The van der Waals surface area contributed by atoms with Gasteiger partial charge in [0.25, 0.3) is 11.6 Å². The summed E-state index contributed by atoms with van der Waals surface area (Å²) in [5.41, 5.74) is 0.510. The molecular weight excluding hydrogens is 611 g/mol. The van der Waals surface area contributed by atoms with Gasteiger partial charge in [-0.2, -0.15) is 5.26 Å². The van der Waals surface area contributed by atoms with E-state index in [-0.39, 0.29) is 22.0 Å². The average Bonchev–Trinajstić information content (AvgIpc) is 2.64. The van der Waals surface area contributed by atoms with Crippen LogP contribution in [0.5, 0.6) is 5.75 Å². The quantitative estimate of drug-likeness (QED) is 0.153. The number of nitrogens with zero attached hydrogens (tertiary/aromatic N) is 2. The Morgan fingerprint density at radius 2 is 2.00 bits per heavy atom. The molecule has 2 rings (SSSR count). The van der Waals surface area contributed by atoms with E-state index in [1.807, 2.05) is 13.0 Å². The number of nitro benzene ring substituents is 1. The Labute approximate surface area is 193 Å². The first-order valence-electron chi connectivity index (χ1n) is 7.75. The summed E-state index contributed by atoms with van der Waals surface area (Å²) in [7, 11) is 0. The van der Waals surface area contributed by atoms with Crippen molar-refractivity contribution in [2.75, 3.05) is 11.9 Å². The minimum atomic E-state index is -0.669. The van der Waals surface area contributed by atoms with Gasteiger partial charge in [-0.05, 0) is 81.9 Å². The molecular formula is C18H12ClI2N3O4. The maximum atomic E-state index is 12.4. The van der Waals surface area contributed by atoms with Crippen LogP contribution in [-0.2, 0) is 4.79 Å². The number of hydrogen-bond acceptors (Lipinski definition) is 5. The van der Waals surface area contributed by atoms with Crippen LogP contribution in [0.4, 0.5) is 11.4 Å². The van der Waals surface area contributed by atoms with Crippen molar-refractivity contribution >= 4 is 80.1 Å². The van der Waals surface area contributed by atoms with Crippen molar-refractivity contribution in [2.24, 2.45) is 0 Å². The van der Waals surface area contributed by atoms with Crippen LogP contribution in [0.25, 0.3) is 6.08 Å².